The molecule has 15 heteroatoms. The molecule has 2 aliphatic rings. The average molecular weight is 599 g/mol. The summed E-state index contributed by atoms with van der Waals surface area (Å²) in [6.07, 6.45) is -4.23. The molecule has 2 aromatic heterocycles. The SMILES string of the molecule is CCc1c(N2CCNCC2)c(=O)n2nc(N3CCC[C@@H](F)C3)nc2n1CC(=O)Nc1cc(Cl)c(C(F)(F)F)cc1C. The number of rotatable bonds is 6. The van der Waals surface area contributed by atoms with Crippen molar-refractivity contribution in [3.05, 3.63) is 44.3 Å². The fraction of sp³-hybridized carbons (Fsp3) is 0.538. The van der Waals surface area contributed by atoms with Gasteiger partial charge in [0.2, 0.25) is 17.6 Å². The maximum atomic E-state index is 14.2. The van der Waals surface area contributed by atoms with Crippen molar-refractivity contribution in [2.45, 2.75) is 52.0 Å². The Morgan fingerprint density at radius 2 is 1.93 bits per heavy atom. The Morgan fingerprint density at radius 1 is 1.20 bits per heavy atom. The molecular formula is C26H31ClF4N8O2. The zero-order valence-electron chi connectivity index (χ0n) is 22.7. The predicted molar refractivity (Wildman–Crippen MR) is 148 cm³/mol. The van der Waals surface area contributed by atoms with E-state index >= 15 is 0 Å². The van der Waals surface area contributed by atoms with E-state index in [1.807, 2.05) is 11.8 Å². The second kappa shape index (κ2) is 11.5. The summed E-state index contributed by atoms with van der Waals surface area (Å²) in [6, 6.07) is 1.96. The number of halogens is 5. The molecule has 2 fully saturated rings. The monoisotopic (exact) mass is 598 g/mol. The van der Waals surface area contributed by atoms with Gasteiger partial charge in [0.05, 0.1) is 22.8 Å². The topological polar surface area (TPSA) is 99.8 Å². The van der Waals surface area contributed by atoms with Crippen molar-refractivity contribution in [3.8, 4) is 0 Å². The highest BCUT2D eigenvalue weighted by Crippen LogP contribution is 2.37. The fourth-order valence-corrected chi connectivity index (χ4v) is 5.69. The summed E-state index contributed by atoms with van der Waals surface area (Å²) in [4.78, 5) is 35.3. The van der Waals surface area contributed by atoms with Gasteiger partial charge in [0.25, 0.3) is 5.56 Å². The summed E-state index contributed by atoms with van der Waals surface area (Å²) in [5.74, 6) is -0.232. The highest BCUT2D eigenvalue weighted by Gasteiger charge is 2.34. The number of nitrogens with one attached hydrogen (secondary N) is 2. The largest absolute Gasteiger partial charge is 0.417 e. The molecule has 3 aromatic rings. The van der Waals surface area contributed by atoms with Crippen LogP contribution in [0.1, 0.15) is 36.6 Å². The van der Waals surface area contributed by atoms with Gasteiger partial charge >= 0.3 is 6.18 Å². The van der Waals surface area contributed by atoms with Crippen LogP contribution < -0.4 is 26.0 Å². The number of hydrogen-bond acceptors (Lipinski definition) is 7. The molecule has 1 aromatic carbocycles. The zero-order valence-corrected chi connectivity index (χ0v) is 23.4. The second-order valence-corrected chi connectivity index (χ2v) is 10.7. The van der Waals surface area contributed by atoms with E-state index in [-0.39, 0.29) is 41.6 Å². The Labute approximate surface area is 238 Å². The van der Waals surface area contributed by atoms with Crippen LogP contribution in [0.2, 0.25) is 5.02 Å². The van der Waals surface area contributed by atoms with Crippen LogP contribution in [0.15, 0.2) is 16.9 Å². The molecule has 5 rings (SSSR count). The van der Waals surface area contributed by atoms with Gasteiger partial charge in [0, 0.05) is 38.4 Å². The standard InChI is InChI=1S/C26H31ClF4N8O2/c1-3-20-22(36-9-6-32-7-10-36)23(41)39-25(34-24(35-39)37-8-4-5-16(28)13-37)38(20)14-21(40)33-19-12-18(27)17(11-15(19)2)26(29,30)31/h11-12,16,32H,3-10,13-14H2,1-2H3,(H,33,40)/t16-/m1/s1. The van der Waals surface area contributed by atoms with Crippen LogP contribution in [0, 0.1) is 6.92 Å². The number of fused-ring (bicyclic) bond motifs is 1. The Balaban J connectivity index is 1.56. The van der Waals surface area contributed by atoms with Crippen molar-refractivity contribution < 1.29 is 22.4 Å². The number of amides is 1. The maximum Gasteiger partial charge on any atom is 0.417 e. The number of carbonyl (C=O) groups is 1. The van der Waals surface area contributed by atoms with Crippen LogP contribution in [0.5, 0.6) is 0 Å². The third kappa shape index (κ3) is 5.85. The van der Waals surface area contributed by atoms with Crippen molar-refractivity contribution in [1.82, 2.24) is 24.5 Å². The molecule has 2 aliphatic heterocycles. The predicted octanol–water partition coefficient (Wildman–Crippen LogP) is 3.42. The van der Waals surface area contributed by atoms with Gasteiger partial charge in [-0.25, -0.2) is 4.39 Å². The molecule has 0 saturated carbocycles. The molecule has 2 N–H and O–H groups in total. The van der Waals surface area contributed by atoms with E-state index in [1.54, 1.807) is 9.47 Å². The molecule has 1 atom stereocenters. The van der Waals surface area contributed by atoms with Gasteiger partial charge < -0.3 is 25.0 Å². The lowest BCUT2D eigenvalue weighted by atomic mass is 10.1. The number of piperidine rings is 1. The van der Waals surface area contributed by atoms with Crippen molar-refractivity contribution in [2.75, 3.05) is 54.4 Å². The fourth-order valence-electron chi connectivity index (χ4n) is 5.41. The highest BCUT2D eigenvalue weighted by molar-refractivity contribution is 6.31. The van der Waals surface area contributed by atoms with Crippen molar-refractivity contribution >= 4 is 40.6 Å². The lowest BCUT2D eigenvalue weighted by Crippen LogP contribution is -2.47. The number of piperazine rings is 1. The normalized spacial score (nSPS) is 18.3. The van der Waals surface area contributed by atoms with Gasteiger partial charge in [-0.3, -0.25) is 9.59 Å². The van der Waals surface area contributed by atoms with E-state index in [9.17, 15) is 27.2 Å². The van der Waals surface area contributed by atoms with Crippen molar-refractivity contribution in [3.63, 3.8) is 0 Å². The third-order valence-corrected chi connectivity index (χ3v) is 7.74. The van der Waals surface area contributed by atoms with E-state index in [2.05, 4.69) is 20.7 Å². The summed E-state index contributed by atoms with van der Waals surface area (Å²) in [7, 11) is 0. The number of anilines is 3. The van der Waals surface area contributed by atoms with Crippen LogP contribution in [-0.2, 0) is 23.9 Å². The van der Waals surface area contributed by atoms with Crippen molar-refractivity contribution in [1.29, 1.82) is 0 Å². The average Bonchev–Trinajstić information content (AvgIpc) is 3.38. The Hall–Kier alpha value is -3.39. The zero-order chi connectivity index (χ0) is 29.5. The van der Waals surface area contributed by atoms with Crippen LogP contribution in [-0.4, -0.2) is 70.5 Å². The quantitative estimate of drug-likeness (QED) is 0.420. The van der Waals surface area contributed by atoms with Gasteiger partial charge in [-0.1, -0.05) is 18.5 Å². The third-order valence-electron chi connectivity index (χ3n) is 7.42. The lowest BCUT2D eigenvalue weighted by Gasteiger charge is -2.31. The van der Waals surface area contributed by atoms with Crippen LogP contribution in [0.25, 0.3) is 5.78 Å². The molecular weight excluding hydrogens is 568 g/mol. The highest BCUT2D eigenvalue weighted by atomic mass is 35.5. The summed E-state index contributed by atoms with van der Waals surface area (Å²) in [5.41, 5.74) is -0.0737. The second-order valence-electron chi connectivity index (χ2n) is 10.3. The Kier molecular flexibility index (Phi) is 8.15. The lowest BCUT2D eigenvalue weighted by molar-refractivity contribution is -0.137. The number of aromatic nitrogens is 4. The minimum absolute atomic E-state index is 0.102. The number of benzene rings is 1. The van der Waals surface area contributed by atoms with E-state index in [4.69, 9.17) is 11.6 Å². The first-order valence-corrected chi connectivity index (χ1v) is 13.9. The maximum absolute atomic E-state index is 14.2. The smallest absolute Gasteiger partial charge is 0.363 e. The molecule has 0 spiro atoms. The van der Waals surface area contributed by atoms with Gasteiger partial charge in [-0.2, -0.15) is 22.7 Å². The number of nitrogens with zero attached hydrogens (tertiary/aromatic N) is 6. The van der Waals surface area contributed by atoms with Gasteiger partial charge in [-0.15, -0.1) is 5.10 Å². The molecule has 0 radical (unpaired) electrons. The summed E-state index contributed by atoms with van der Waals surface area (Å²) >= 11 is 5.89. The number of alkyl halides is 4. The first-order chi connectivity index (χ1) is 19.5. The van der Waals surface area contributed by atoms with Gasteiger partial charge in [0.15, 0.2) is 0 Å². The van der Waals surface area contributed by atoms with Crippen LogP contribution in [0.4, 0.5) is 34.9 Å². The molecule has 10 nitrogen and oxygen atoms in total. The molecule has 222 valence electrons. The number of hydrogen-bond donors (Lipinski definition) is 2. The molecule has 41 heavy (non-hydrogen) atoms. The minimum atomic E-state index is -4.63. The molecule has 1 amide bonds. The van der Waals surface area contributed by atoms with Crippen LogP contribution >= 0.6 is 11.6 Å². The van der Waals surface area contributed by atoms with Gasteiger partial charge in [-0.05, 0) is 43.9 Å². The first kappa shape index (κ1) is 29.1. The molecule has 0 bridgehead atoms. The Bertz CT molecular complexity index is 1520. The summed E-state index contributed by atoms with van der Waals surface area (Å²) < 4.78 is 56.8. The number of aryl methyl sites for hydroxylation is 1. The van der Waals surface area contributed by atoms with E-state index < -0.39 is 28.8 Å². The first-order valence-electron chi connectivity index (χ1n) is 13.5. The van der Waals surface area contributed by atoms with Gasteiger partial charge in [0.1, 0.15) is 18.4 Å². The van der Waals surface area contributed by atoms with Crippen molar-refractivity contribution in [2.24, 2.45) is 0 Å². The summed E-state index contributed by atoms with van der Waals surface area (Å²) in [6.45, 7) is 6.12. The Morgan fingerprint density at radius 3 is 2.59 bits per heavy atom. The molecule has 0 unspecified atom stereocenters. The molecule has 4 heterocycles. The molecule has 0 aliphatic carbocycles. The van der Waals surface area contributed by atoms with E-state index in [1.165, 1.54) is 6.92 Å². The minimum Gasteiger partial charge on any atom is -0.363 e. The number of carbonyl (C=O) groups excluding carboxylic acids is 1. The van der Waals surface area contributed by atoms with E-state index in [0.717, 1.165) is 16.6 Å². The molecule has 2 saturated heterocycles. The van der Waals surface area contributed by atoms with E-state index in [0.29, 0.717) is 63.4 Å². The van der Waals surface area contributed by atoms with Crippen LogP contribution in [0.3, 0.4) is 0 Å². The summed E-state index contributed by atoms with van der Waals surface area (Å²) in [5, 5.41) is 9.82.